The molecule has 0 aromatic rings. The van der Waals surface area contributed by atoms with Crippen molar-refractivity contribution in [1.82, 2.24) is 5.32 Å². The van der Waals surface area contributed by atoms with Gasteiger partial charge in [0.2, 0.25) is 5.91 Å². The van der Waals surface area contributed by atoms with Gasteiger partial charge in [0.1, 0.15) is 0 Å². The number of rotatable bonds is 2. The lowest BCUT2D eigenvalue weighted by atomic mass is 9.49. The molecule has 5 fully saturated rings. The molecule has 5 aliphatic carbocycles. The van der Waals surface area contributed by atoms with E-state index in [-0.39, 0.29) is 30.2 Å². The summed E-state index contributed by atoms with van der Waals surface area (Å²) in [4.78, 5) is 12.9. The van der Waals surface area contributed by atoms with Gasteiger partial charge in [-0.05, 0) is 75.5 Å². The molecule has 23 heavy (non-hydrogen) atoms. The predicted molar refractivity (Wildman–Crippen MR) is 80.5 cm³/mol. The number of alkyl halides is 3. The van der Waals surface area contributed by atoms with Crippen molar-refractivity contribution in [2.45, 2.75) is 76.4 Å². The van der Waals surface area contributed by atoms with Gasteiger partial charge in [0, 0.05) is 11.5 Å². The highest BCUT2D eigenvalue weighted by molar-refractivity contribution is 5.83. The van der Waals surface area contributed by atoms with Gasteiger partial charge in [-0.25, -0.2) is 0 Å². The maximum Gasteiger partial charge on any atom is 0.391 e. The number of amides is 1. The number of carbonyl (C=O) groups excluding carboxylic acids is 1. The van der Waals surface area contributed by atoms with E-state index < -0.39 is 12.1 Å². The Labute approximate surface area is 135 Å². The van der Waals surface area contributed by atoms with Crippen LogP contribution >= 0.6 is 0 Å². The SMILES string of the molecule is O=C(NC1CCCC(C(F)(F)F)C1)C12CC3CC(CC(C3)C1)C2. The van der Waals surface area contributed by atoms with Crippen LogP contribution in [0, 0.1) is 29.1 Å². The van der Waals surface area contributed by atoms with Crippen LogP contribution in [0.2, 0.25) is 0 Å². The molecule has 2 atom stereocenters. The van der Waals surface area contributed by atoms with E-state index in [1.165, 1.54) is 19.3 Å². The average Bonchev–Trinajstić information content (AvgIpc) is 2.45. The topological polar surface area (TPSA) is 29.1 Å². The van der Waals surface area contributed by atoms with E-state index in [0.717, 1.165) is 19.3 Å². The normalized spacial score (nSPS) is 46.0. The second-order valence-corrected chi connectivity index (χ2v) is 8.77. The molecular weight excluding hydrogens is 303 g/mol. The Kier molecular flexibility index (Phi) is 3.69. The summed E-state index contributed by atoms with van der Waals surface area (Å²) in [5.41, 5.74) is -0.250. The molecule has 5 aliphatic rings. The van der Waals surface area contributed by atoms with Crippen LogP contribution in [0.15, 0.2) is 0 Å². The van der Waals surface area contributed by atoms with Crippen LogP contribution in [-0.4, -0.2) is 18.1 Å². The smallest absolute Gasteiger partial charge is 0.353 e. The first-order valence-corrected chi connectivity index (χ1v) is 9.22. The molecule has 1 amide bonds. The van der Waals surface area contributed by atoms with Crippen LogP contribution in [0.1, 0.15) is 64.2 Å². The summed E-state index contributed by atoms with van der Waals surface area (Å²) in [6, 6.07) is -0.282. The highest BCUT2D eigenvalue weighted by Crippen LogP contribution is 2.60. The van der Waals surface area contributed by atoms with E-state index in [1.807, 2.05) is 0 Å². The minimum Gasteiger partial charge on any atom is -0.353 e. The van der Waals surface area contributed by atoms with Crippen molar-refractivity contribution in [3.63, 3.8) is 0 Å². The van der Waals surface area contributed by atoms with Crippen LogP contribution < -0.4 is 5.32 Å². The third-order valence-corrected chi connectivity index (χ3v) is 6.99. The minimum atomic E-state index is -4.12. The Morgan fingerprint density at radius 3 is 2.00 bits per heavy atom. The zero-order chi connectivity index (χ0) is 16.2. The van der Waals surface area contributed by atoms with E-state index in [2.05, 4.69) is 5.32 Å². The second kappa shape index (κ2) is 5.38. The fourth-order valence-corrected chi connectivity index (χ4v) is 6.35. The lowest BCUT2D eigenvalue weighted by Crippen LogP contribution is -2.55. The van der Waals surface area contributed by atoms with Gasteiger partial charge < -0.3 is 5.32 Å². The number of hydrogen-bond acceptors (Lipinski definition) is 1. The van der Waals surface area contributed by atoms with E-state index in [0.29, 0.717) is 30.6 Å². The molecule has 0 aliphatic heterocycles. The van der Waals surface area contributed by atoms with E-state index in [1.54, 1.807) is 0 Å². The van der Waals surface area contributed by atoms with Gasteiger partial charge in [-0.15, -0.1) is 0 Å². The van der Waals surface area contributed by atoms with Gasteiger partial charge in [0.15, 0.2) is 0 Å². The Morgan fingerprint density at radius 1 is 0.913 bits per heavy atom. The fraction of sp³-hybridized carbons (Fsp3) is 0.944. The molecule has 0 aromatic carbocycles. The summed E-state index contributed by atoms with van der Waals surface area (Å²) in [5, 5.41) is 3.04. The molecular formula is C18H26F3NO. The molecule has 2 unspecified atom stereocenters. The van der Waals surface area contributed by atoms with Crippen LogP contribution in [0.5, 0.6) is 0 Å². The van der Waals surface area contributed by atoms with Gasteiger partial charge >= 0.3 is 6.18 Å². The summed E-state index contributed by atoms with van der Waals surface area (Å²) < 4.78 is 38.9. The molecule has 130 valence electrons. The molecule has 0 heterocycles. The Bertz CT molecular complexity index is 452. The summed E-state index contributed by atoms with van der Waals surface area (Å²) in [6.45, 7) is 0. The molecule has 2 nitrogen and oxygen atoms in total. The van der Waals surface area contributed by atoms with Crippen LogP contribution in [0.3, 0.4) is 0 Å². The first-order chi connectivity index (χ1) is 10.8. The number of hydrogen-bond donors (Lipinski definition) is 1. The molecule has 5 saturated carbocycles. The lowest BCUT2D eigenvalue weighted by molar-refractivity contribution is -0.184. The summed E-state index contributed by atoms with van der Waals surface area (Å²) in [7, 11) is 0. The van der Waals surface area contributed by atoms with Crippen molar-refractivity contribution in [2.75, 3.05) is 0 Å². The van der Waals surface area contributed by atoms with Gasteiger partial charge in [-0.3, -0.25) is 4.79 Å². The zero-order valence-corrected chi connectivity index (χ0v) is 13.5. The second-order valence-electron chi connectivity index (χ2n) is 8.77. The Balaban J connectivity index is 1.42. The maximum absolute atomic E-state index is 13.0. The maximum atomic E-state index is 13.0. The monoisotopic (exact) mass is 329 g/mol. The van der Waals surface area contributed by atoms with Crippen LogP contribution in [0.4, 0.5) is 13.2 Å². The molecule has 4 bridgehead atoms. The van der Waals surface area contributed by atoms with Crippen molar-refractivity contribution < 1.29 is 18.0 Å². The summed E-state index contributed by atoms with van der Waals surface area (Å²) in [5.74, 6) is 0.881. The first kappa shape index (κ1) is 15.8. The molecule has 0 aromatic heterocycles. The van der Waals surface area contributed by atoms with E-state index in [9.17, 15) is 18.0 Å². The van der Waals surface area contributed by atoms with Crippen molar-refractivity contribution in [1.29, 1.82) is 0 Å². The highest BCUT2D eigenvalue weighted by Gasteiger charge is 2.55. The van der Waals surface area contributed by atoms with E-state index in [4.69, 9.17) is 0 Å². The average molecular weight is 329 g/mol. The summed E-state index contributed by atoms with van der Waals surface area (Å²) in [6.07, 6.45) is 4.16. The van der Waals surface area contributed by atoms with Crippen molar-refractivity contribution in [3.05, 3.63) is 0 Å². The van der Waals surface area contributed by atoms with Crippen LogP contribution in [0.25, 0.3) is 0 Å². The molecule has 5 rings (SSSR count). The first-order valence-electron chi connectivity index (χ1n) is 9.22. The predicted octanol–water partition coefficient (Wildman–Crippen LogP) is 4.44. The molecule has 0 spiro atoms. The third-order valence-electron chi connectivity index (χ3n) is 6.99. The number of nitrogens with one attached hydrogen (secondary N) is 1. The van der Waals surface area contributed by atoms with Gasteiger partial charge in [-0.2, -0.15) is 13.2 Å². The summed E-state index contributed by atoms with van der Waals surface area (Å²) >= 11 is 0. The van der Waals surface area contributed by atoms with E-state index >= 15 is 0 Å². The number of carbonyl (C=O) groups is 1. The Hall–Kier alpha value is -0.740. The van der Waals surface area contributed by atoms with Gasteiger partial charge in [-0.1, -0.05) is 6.42 Å². The lowest BCUT2D eigenvalue weighted by Gasteiger charge is -2.56. The van der Waals surface area contributed by atoms with Crippen molar-refractivity contribution in [2.24, 2.45) is 29.1 Å². The quantitative estimate of drug-likeness (QED) is 0.797. The Morgan fingerprint density at radius 2 is 1.48 bits per heavy atom. The zero-order valence-electron chi connectivity index (χ0n) is 13.5. The van der Waals surface area contributed by atoms with Crippen molar-refractivity contribution in [3.8, 4) is 0 Å². The molecule has 1 N–H and O–H groups in total. The molecule has 0 saturated heterocycles. The van der Waals surface area contributed by atoms with Crippen molar-refractivity contribution >= 4 is 5.91 Å². The third kappa shape index (κ3) is 2.89. The minimum absolute atomic E-state index is 0.0710. The molecule has 0 radical (unpaired) electrons. The van der Waals surface area contributed by atoms with Gasteiger partial charge in [0.25, 0.3) is 0 Å². The standard InChI is InChI=1S/C18H26F3NO/c19-18(20,21)14-2-1-3-15(7-14)22-16(23)17-8-11-4-12(9-17)6-13(5-11)10-17/h11-15H,1-10H2,(H,22,23). The number of halogens is 3. The van der Waals surface area contributed by atoms with Crippen LogP contribution in [-0.2, 0) is 4.79 Å². The van der Waals surface area contributed by atoms with Gasteiger partial charge in [0.05, 0.1) is 5.92 Å². The highest BCUT2D eigenvalue weighted by atomic mass is 19.4. The fourth-order valence-electron chi connectivity index (χ4n) is 6.35. The largest absolute Gasteiger partial charge is 0.391 e. The molecule has 5 heteroatoms.